The van der Waals surface area contributed by atoms with Crippen LogP contribution in [0.3, 0.4) is 0 Å². The fourth-order valence-electron chi connectivity index (χ4n) is 4.02. The largest absolute Gasteiger partial charge is 0.497 e. The van der Waals surface area contributed by atoms with Crippen LogP contribution in [-0.2, 0) is 11.2 Å². The highest BCUT2D eigenvalue weighted by Crippen LogP contribution is 2.32. The predicted molar refractivity (Wildman–Crippen MR) is 130 cm³/mol. The van der Waals surface area contributed by atoms with Gasteiger partial charge in [0.1, 0.15) is 5.75 Å². The lowest BCUT2D eigenvalue weighted by Crippen LogP contribution is -2.13. The summed E-state index contributed by atoms with van der Waals surface area (Å²) in [5.74, 6) is 1.13. The fourth-order valence-corrected chi connectivity index (χ4v) is 4.02. The van der Waals surface area contributed by atoms with Crippen molar-refractivity contribution in [2.24, 2.45) is 0 Å². The number of methoxy groups -OCH3 is 2. The Morgan fingerprint density at radius 1 is 1.03 bits per heavy atom. The van der Waals surface area contributed by atoms with Crippen LogP contribution in [0.1, 0.15) is 28.8 Å². The highest BCUT2D eigenvalue weighted by molar-refractivity contribution is 5.91. The number of hydrogen-bond acceptors (Lipinski definition) is 5. The van der Waals surface area contributed by atoms with Gasteiger partial charge in [0, 0.05) is 29.1 Å². The number of nitrogens with zero attached hydrogens (tertiary/aromatic N) is 3. The summed E-state index contributed by atoms with van der Waals surface area (Å²) in [7, 11) is 3.20. The molecule has 1 amide bonds. The molecule has 0 saturated carbocycles. The highest BCUT2D eigenvalue weighted by Gasteiger charge is 2.20. The lowest BCUT2D eigenvalue weighted by atomic mass is 10.0. The second kappa shape index (κ2) is 9.32. The monoisotopic (exact) mass is 444 g/mol. The zero-order valence-corrected chi connectivity index (χ0v) is 19.6. The number of carbonyl (C=O) groups excluding carboxylic acids is 1. The van der Waals surface area contributed by atoms with Gasteiger partial charge in [0.2, 0.25) is 11.8 Å². The van der Waals surface area contributed by atoms with Crippen LogP contribution in [0.15, 0.2) is 48.5 Å². The molecule has 2 heterocycles. The minimum atomic E-state index is -0.0862. The summed E-state index contributed by atoms with van der Waals surface area (Å²) in [5, 5.41) is 8.65. The molecular formula is C26H28N4O3. The van der Waals surface area contributed by atoms with Crippen LogP contribution >= 0.6 is 0 Å². The van der Waals surface area contributed by atoms with Gasteiger partial charge in [-0.2, -0.15) is 10.1 Å². The normalized spacial score (nSPS) is 10.9. The van der Waals surface area contributed by atoms with Gasteiger partial charge in [0.05, 0.1) is 25.6 Å². The average molecular weight is 445 g/mol. The Kier molecular flexibility index (Phi) is 6.31. The van der Waals surface area contributed by atoms with E-state index in [1.807, 2.05) is 48.9 Å². The summed E-state index contributed by atoms with van der Waals surface area (Å²) in [6, 6.07) is 15.5. The molecule has 170 valence electrons. The Labute approximate surface area is 193 Å². The Morgan fingerprint density at radius 2 is 1.79 bits per heavy atom. The van der Waals surface area contributed by atoms with E-state index in [9.17, 15) is 4.79 Å². The molecule has 2 aromatic carbocycles. The van der Waals surface area contributed by atoms with Crippen LogP contribution in [0.4, 0.5) is 5.69 Å². The first-order valence-corrected chi connectivity index (χ1v) is 10.8. The van der Waals surface area contributed by atoms with Crippen LogP contribution in [0, 0.1) is 20.8 Å². The molecule has 7 heteroatoms. The van der Waals surface area contributed by atoms with Crippen molar-refractivity contribution in [2.75, 3.05) is 19.5 Å². The topological polar surface area (TPSA) is 78.3 Å². The summed E-state index contributed by atoms with van der Waals surface area (Å²) in [4.78, 5) is 17.4. The van der Waals surface area contributed by atoms with E-state index in [2.05, 4.69) is 24.4 Å². The third kappa shape index (κ3) is 4.53. The van der Waals surface area contributed by atoms with Gasteiger partial charge >= 0.3 is 0 Å². The summed E-state index contributed by atoms with van der Waals surface area (Å²) >= 11 is 0. The summed E-state index contributed by atoms with van der Waals surface area (Å²) in [6.45, 7) is 6.07. The van der Waals surface area contributed by atoms with Crippen molar-refractivity contribution in [1.82, 2.24) is 14.8 Å². The van der Waals surface area contributed by atoms with E-state index in [0.29, 0.717) is 30.2 Å². The molecule has 4 aromatic rings. The van der Waals surface area contributed by atoms with Gasteiger partial charge in [0.15, 0.2) is 5.65 Å². The van der Waals surface area contributed by atoms with Gasteiger partial charge in [-0.15, -0.1) is 0 Å². The number of rotatable bonds is 7. The zero-order valence-electron chi connectivity index (χ0n) is 19.6. The van der Waals surface area contributed by atoms with Crippen molar-refractivity contribution in [3.8, 4) is 17.3 Å². The van der Waals surface area contributed by atoms with Gasteiger partial charge < -0.3 is 14.8 Å². The van der Waals surface area contributed by atoms with Crippen molar-refractivity contribution in [3.05, 3.63) is 70.9 Å². The first kappa shape index (κ1) is 22.3. The molecule has 1 N–H and O–H groups in total. The maximum Gasteiger partial charge on any atom is 0.224 e. The minimum Gasteiger partial charge on any atom is -0.497 e. The van der Waals surface area contributed by atoms with Crippen LogP contribution < -0.4 is 14.8 Å². The Hall–Kier alpha value is -3.87. The van der Waals surface area contributed by atoms with Gasteiger partial charge in [0.25, 0.3) is 0 Å². The molecule has 2 aromatic heterocycles. The third-order valence-corrected chi connectivity index (χ3v) is 5.76. The molecule has 0 bridgehead atoms. The van der Waals surface area contributed by atoms with Gasteiger partial charge in [-0.25, -0.2) is 4.68 Å². The number of carbonyl (C=O) groups is 1. The summed E-state index contributed by atoms with van der Waals surface area (Å²) in [5.41, 5.74) is 6.41. The van der Waals surface area contributed by atoms with Crippen molar-refractivity contribution in [1.29, 1.82) is 0 Å². The first-order chi connectivity index (χ1) is 15.9. The number of pyridine rings is 1. The van der Waals surface area contributed by atoms with Crippen molar-refractivity contribution < 1.29 is 14.3 Å². The molecule has 4 rings (SSSR count). The van der Waals surface area contributed by atoms with Gasteiger partial charge in [-0.05, 0) is 57.0 Å². The quantitative estimate of drug-likeness (QED) is 0.437. The minimum absolute atomic E-state index is 0.0862. The number of aromatic nitrogens is 3. The van der Waals surface area contributed by atoms with Crippen LogP contribution in [-0.4, -0.2) is 34.9 Å². The van der Waals surface area contributed by atoms with Gasteiger partial charge in [-0.3, -0.25) is 4.79 Å². The lowest BCUT2D eigenvalue weighted by Gasteiger charge is -2.13. The van der Waals surface area contributed by atoms with E-state index in [-0.39, 0.29) is 5.91 Å². The number of hydrogen-bond donors (Lipinski definition) is 1. The Bertz CT molecular complexity index is 1310. The first-order valence-electron chi connectivity index (χ1n) is 10.8. The predicted octanol–water partition coefficient (Wildman–Crippen LogP) is 4.93. The molecule has 0 unspecified atom stereocenters. The van der Waals surface area contributed by atoms with E-state index < -0.39 is 0 Å². The maximum absolute atomic E-state index is 12.6. The summed E-state index contributed by atoms with van der Waals surface area (Å²) in [6.07, 6.45) is 0.801. The Morgan fingerprint density at radius 3 is 2.48 bits per heavy atom. The van der Waals surface area contributed by atoms with Crippen LogP contribution in [0.2, 0.25) is 0 Å². The van der Waals surface area contributed by atoms with Crippen LogP contribution in [0.25, 0.3) is 16.7 Å². The van der Waals surface area contributed by atoms with E-state index >= 15 is 0 Å². The average Bonchev–Trinajstić information content (AvgIpc) is 3.15. The van der Waals surface area contributed by atoms with Crippen LogP contribution in [0.5, 0.6) is 11.6 Å². The highest BCUT2D eigenvalue weighted by atomic mass is 16.5. The van der Waals surface area contributed by atoms with E-state index in [1.165, 1.54) is 5.56 Å². The third-order valence-electron chi connectivity index (χ3n) is 5.76. The molecule has 0 atom stereocenters. The zero-order chi connectivity index (χ0) is 23.5. The molecule has 33 heavy (non-hydrogen) atoms. The number of fused-ring (bicyclic) bond motifs is 1. The number of nitrogens with one attached hydrogen (secondary N) is 1. The van der Waals surface area contributed by atoms with E-state index in [1.54, 1.807) is 20.3 Å². The molecule has 7 nitrogen and oxygen atoms in total. The molecule has 0 saturated heterocycles. The molecule has 0 spiro atoms. The smallest absolute Gasteiger partial charge is 0.224 e. The fraction of sp³-hybridized carbons (Fsp3) is 0.269. The second-order valence-corrected chi connectivity index (χ2v) is 8.04. The maximum atomic E-state index is 12.6. The van der Waals surface area contributed by atoms with Gasteiger partial charge in [-0.1, -0.05) is 23.8 Å². The number of anilines is 1. The molecule has 0 fully saturated rings. The number of amides is 1. The van der Waals surface area contributed by atoms with Crippen molar-refractivity contribution >= 4 is 22.6 Å². The van der Waals surface area contributed by atoms with E-state index in [4.69, 9.17) is 19.6 Å². The second-order valence-electron chi connectivity index (χ2n) is 8.04. The summed E-state index contributed by atoms with van der Waals surface area (Å²) < 4.78 is 12.7. The Balaban J connectivity index is 1.62. The number of ether oxygens (including phenoxy) is 2. The van der Waals surface area contributed by atoms with Crippen molar-refractivity contribution in [2.45, 2.75) is 33.6 Å². The van der Waals surface area contributed by atoms with Crippen molar-refractivity contribution in [3.63, 3.8) is 0 Å². The standard InChI is InChI=1S/C26H28N4O3/c1-16-9-11-20(12-10-16)30-25-24(18(3)29-30)17(2)22(26(28-25)33-5)13-14-23(31)27-19-7-6-8-21(15-19)32-4/h6-12,15H,13-14H2,1-5H3,(H,27,31). The van der Waals surface area contributed by atoms with E-state index in [0.717, 1.165) is 33.5 Å². The SMILES string of the molecule is COc1cccc(NC(=O)CCc2c(OC)nc3c(c(C)nn3-c3ccc(C)cc3)c2C)c1. The lowest BCUT2D eigenvalue weighted by molar-refractivity contribution is -0.116. The number of benzene rings is 2. The molecule has 0 aliphatic carbocycles. The number of aryl methyl sites for hydroxylation is 3. The molecule has 0 aliphatic rings. The molecule has 0 aliphatic heterocycles. The molecular weight excluding hydrogens is 416 g/mol. The molecule has 0 radical (unpaired) electrons.